The van der Waals surface area contributed by atoms with Gasteiger partial charge in [-0.3, -0.25) is 0 Å². The fraction of sp³-hybridized carbons (Fsp3) is 0.864. The first kappa shape index (κ1) is 24.2. The molecule has 1 unspecified atom stereocenters. The number of carbonyl (C=O) groups is 1. The zero-order valence-corrected chi connectivity index (χ0v) is 16.8. The van der Waals surface area contributed by atoms with E-state index < -0.39 is 12.1 Å². The van der Waals surface area contributed by atoms with Gasteiger partial charge in [0.2, 0.25) is 0 Å². The van der Waals surface area contributed by atoms with Crippen LogP contribution in [0.5, 0.6) is 0 Å². The zero-order valence-electron chi connectivity index (χ0n) is 16.8. The number of aliphatic carboxylic acids is 1. The summed E-state index contributed by atoms with van der Waals surface area (Å²) in [6.45, 7) is 3.79. The average Bonchev–Trinajstić information content (AvgIpc) is 2.58. The molecule has 148 valence electrons. The Bertz CT molecular complexity index is 336. The summed E-state index contributed by atoms with van der Waals surface area (Å²) in [5.74, 6) is -0.949. The van der Waals surface area contributed by atoms with Crippen LogP contribution < -0.4 is 0 Å². The van der Waals surface area contributed by atoms with Crippen LogP contribution in [0, 0.1) is 0 Å². The minimum absolute atomic E-state index is 0.230. The quantitative estimate of drug-likeness (QED) is 0.214. The van der Waals surface area contributed by atoms with Crippen molar-refractivity contribution in [3.05, 3.63) is 11.6 Å². The van der Waals surface area contributed by atoms with Crippen molar-refractivity contribution < 1.29 is 15.0 Å². The van der Waals surface area contributed by atoms with Crippen molar-refractivity contribution in [2.45, 2.75) is 123 Å². The second kappa shape index (κ2) is 18.0. The fourth-order valence-electron chi connectivity index (χ4n) is 3.17. The van der Waals surface area contributed by atoms with Gasteiger partial charge in [0, 0.05) is 5.57 Å². The van der Waals surface area contributed by atoms with Crippen LogP contribution in [0.15, 0.2) is 11.6 Å². The molecule has 0 amide bonds. The fourth-order valence-corrected chi connectivity index (χ4v) is 3.17. The number of aliphatic hydroxyl groups excluding tert-OH is 1. The van der Waals surface area contributed by atoms with Crippen LogP contribution in [0.3, 0.4) is 0 Å². The van der Waals surface area contributed by atoms with Gasteiger partial charge in [-0.2, -0.15) is 0 Å². The Labute approximate surface area is 155 Å². The van der Waals surface area contributed by atoms with Crippen molar-refractivity contribution in [1.29, 1.82) is 0 Å². The highest BCUT2D eigenvalue weighted by Gasteiger charge is 2.05. The number of hydrogen-bond acceptors (Lipinski definition) is 2. The maximum Gasteiger partial charge on any atom is 0.331 e. The molecule has 0 fully saturated rings. The van der Waals surface area contributed by atoms with Gasteiger partial charge < -0.3 is 10.2 Å². The molecule has 3 nitrogen and oxygen atoms in total. The summed E-state index contributed by atoms with van der Waals surface area (Å²) in [6.07, 6.45) is 21.4. The molecule has 1 atom stereocenters. The Balaban J connectivity index is 3.24. The number of carboxylic acid groups (broad SMARTS) is 1. The van der Waals surface area contributed by atoms with Crippen molar-refractivity contribution in [2.75, 3.05) is 0 Å². The van der Waals surface area contributed by atoms with Gasteiger partial charge >= 0.3 is 5.97 Å². The van der Waals surface area contributed by atoms with E-state index in [0.29, 0.717) is 6.42 Å². The lowest BCUT2D eigenvalue weighted by molar-refractivity contribution is -0.132. The Hall–Kier alpha value is -0.830. The number of aliphatic hydroxyl groups is 1. The van der Waals surface area contributed by atoms with Crippen LogP contribution >= 0.6 is 0 Å². The molecule has 0 aromatic rings. The molecule has 25 heavy (non-hydrogen) atoms. The summed E-state index contributed by atoms with van der Waals surface area (Å²) in [5, 5.41) is 18.5. The minimum atomic E-state index is -0.949. The first-order valence-electron chi connectivity index (χ1n) is 10.7. The average molecular weight is 355 g/mol. The molecular weight excluding hydrogens is 312 g/mol. The number of unbranched alkanes of at least 4 members (excludes halogenated alkanes) is 14. The summed E-state index contributed by atoms with van der Waals surface area (Å²) in [5.41, 5.74) is 0.230. The largest absolute Gasteiger partial charge is 0.478 e. The highest BCUT2D eigenvalue weighted by Crippen LogP contribution is 2.14. The van der Waals surface area contributed by atoms with E-state index in [-0.39, 0.29) is 5.57 Å². The molecule has 0 aliphatic carbocycles. The van der Waals surface area contributed by atoms with Gasteiger partial charge in [-0.15, -0.1) is 0 Å². The number of hydrogen-bond donors (Lipinski definition) is 2. The molecule has 0 saturated carbocycles. The second-order valence-corrected chi connectivity index (χ2v) is 7.46. The standard InChI is InChI=1S/C22H42O3/c1-3-4-5-6-7-8-9-10-11-12-13-14-15-16-17-18-21(23)19-20(2)22(24)25/h19,21,23H,3-18H2,1-2H3,(H,24,25). The predicted octanol–water partition coefficient (Wildman–Crippen LogP) is 6.64. The molecule has 0 spiro atoms. The summed E-state index contributed by atoms with van der Waals surface area (Å²) in [6, 6.07) is 0. The van der Waals surface area contributed by atoms with E-state index in [4.69, 9.17) is 5.11 Å². The Morgan fingerprint density at radius 3 is 1.48 bits per heavy atom. The molecule has 0 rings (SSSR count). The Kier molecular flexibility index (Phi) is 17.4. The van der Waals surface area contributed by atoms with Crippen LogP contribution in [0.4, 0.5) is 0 Å². The Morgan fingerprint density at radius 1 is 0.760 bits per heavy atom. The van der Waals surface area contributed by atoms with Crippen molar-refractivity contribution in [3.63, 3.8) is 0 Å². The van der Waals surface area contributed by atoms with Gasteiger partial charge in [0.15, 0.2) is 0 Å². The SMILES string of the molecule is CCCCCCCCCCCCCCCCCC(O)C=C(C)C(=O)O. The molecule has 0 aromatic heterocycles. The molecule has 0 aliphatic rings. The van der Waals surface area contributed by atoms with Gasteiger partial charge in [-0.05, 0) is 19.4 Å². The van der Waals surface area contributed by atoms with Gasteiger partial charge in [0.1, 0.15) is 0 Å². The summed E-state index contributed by atoms with van der Waals surface area (Å²) in [7, 11) is 0. The zero-order chi connectivity index (χ0) is 18.8. The molecule has 0 bridgehead atoms. The lowest BCUT2D eigenvalue weighted by atomic mass is 10.0. The molecule has 0 radical (unpaired) electrons. The molecule has 0 aliphatic heterocycles. The van der Waals surface area contributed by atoms with Crippen LogP contribution in [-0.2, 0) is 4.79 Å². The van der Waals surface area contributed by atoms with Gasteiger partial charge in [0.05, 0.1) is 6.10 Å². The van der Waals surface area contributed by atoms with Crippen molar-refractivity contribution in [2.24, 2.45) is 0 Å². The third kappa shape index (κ3) is 17.8. The van der Waals surface area contributed by atoms with E-state index in [0.717, 1.165) is 12.8 Å². The van der Waals surface area contributed by atoms with E-state index >= 15 is 0 Å². The van der Waals surface area contributed by atoms with E-state index in [1.807, 2.05) is 0 Å². The molecule has 0 saturated heterocycles. The van der Waals surface area contributed by atoms with E-state index in [1.165, 1.54) is 96.5 Å². The molecular formula is C22H42O3. The van der Waals surface area contributed by atoms with Crippen molar-refractivity contribution >= 4 is 5.97 Å². The highest BCUT2D eigenvalue weighted by atomic mass is 16.4. The molecule has 0 heterocycles. The minimum Gasteiger partial charge on any atom is -0.478 e. The normalized spacial score (nSPS) is 13.2. The smallest absolute Gasteiger partial charge is 0.331 e. The van der Waals surface area contributed by atoms with Gasteiger partial charge in [-0.25, -0.2) is 4.79 Å². The third-order valence-corrected chi connectivity index (χ3v) is 4.88. The maximum absolute atomic E-state index is 10.7. The third-order valence-electron chi connectivity index (χ3n) is 4.88. The van der Waals surface area contributed by atoms with Crippen molar-refractivity contribution in [3.8, 4) is 0 Å². The monoisotopic (exact) mass is 354 g/mol. The molecule has 3 heteroatoms. The van der Waals surface area contributed by atoms with E-state index in [1.54, 1.807) is 0 Å². The molecule has 0 aromatic carbocycles. The van der Waals surface area contributed by atoms with Crippen molar-refractivity contribution in [1.82, 2.24) is 0 Å². The first-order valence-corrected chi connectivity index (χ1v) is 10.7. The van der Waals surface area contributed by atoms with Gasteiger partial charge in [0.25, 0.3) is 0 Å². The highest BCUT2D eigenvalue weighted by molar-refractivity contribution is 5.85. The maximum atomic E-state index is 10.7. The van der Waals surface area contributed by atoms with Crippen LogP contribution in [0.2, 0.25) is 0 Å². The van der Waals surface area contributed by atoms with Crippen LogP contribution in [0.25, 0.3) is 0 Å². The van der Waals surface area contributed by atoms with Crippen LogP contribution in [-0.4, -0.2) is 22.3 Å². The predicted molar refractivity (Wildman–Crippen MR) is 107 cm³/mol. The summed E-state index contributed by atoms with van der Waals surface area (Å²) >= 11 is 0. The lowest BCUT2D eigenvalue weighted by Crippen LogP contribution is -2.06. The van der Waals surface area contributed by atoms with Crippen LogP contribution in [0.1, 0.15) is 117 Å². The topological polar surface area (TPSA) is 57.5 Å². The van der Waals surface area contributed by atoms with E-state index in [9.17, 15) is 9.90 Å². The first-order chi connectivity index (χ1) is 12.1. The lowest BCUT2D eigenvalue weighted by Gasteiger charge is -2.06. The Morgan fingerprint density at radius 2 is 1.12 bits per heavy atom. The summed E-state index contributed by atoms with van der Waals surface area (Å²) in [4.78, 5) is 10.7. The number of carboxylic acids is 1. The summed E-state index contributed by atoms with van der Waals surface area (Å²) < 4.78 is 0. The van der Waals surface area contributed by atoms with Gasteiger partial charge in [-0.1, -0.05) is 103 Å². The second-order valence-electron chi connectivity index (χ2n) is 7.46. The number of rotatable bonds is 18. The van der Waals surface area contributed by atoms with E-state index in [2.05, 4.69) is 6.92 Å². The molecule has 2 N–H and O–H groups in total.